The number of likely N-dealkylation sites (N-methyl/N-ethyl adjacent to an activating group) is 1. The first-order valence-electron chi connectivity index (χ1n) is 5.77. The molecule has 0 aliphatic carbocycles. The number of ether oxygens (including phenoxy) is 1. The predicted molar refractivity (Wildman–Crippen MR) is 72.1 cm³/mol. The molecule has 2 unspecified atom stereocenters. The lowest BCUT2D eigenvalue weighted by Crippen LogP contribution is -2.30. The molecule has 1 aliphatic rings. The summed E-state index contributed by atoms with van der Waals surface area (Å²) >= 11 is 5.35. The molecule has 4 heteroatoms. The fourth-order valence-corrected chi connectivity index (χ4v) is 3.74. The molecule has 1 saturated heterocycles. The summed E-state index contributed by atoms with van der Waals surface area (Å²) in [5.41, 5.74) is 0. The Labute approximate surface area is 110 Å². The molecule has 0 bridgehead atoms. The van der Waals surface area contributed by atoms with Crippen molar-refractivity contribution < 1.29 is 4.74 Å². The van der Waals surface area contributed by atoms with Crippen LogP contribution in [0.4, 0.5) is 0 Å². The van der Waals surface area contributed by atoms with Crippen LogP contribution < -0.4 is 5.32 Å². The Hall–Kier alpha value is 0.1000. The van der Waals surface area contributed by atoms with E-state index < -0.39 is 0 Å². The van der Waals surface area contributed by atoms with Gasteiger partial charge in [-0.15, -0.1) is 11.3 Å². The molecule has 16 heavy (non-hydrogen) atoms. The molecular formula is C12H18BrNOS. The number of thiophene rings is 1. The summed E-state index contributed by atoms with van der Waals surface area (Å²) < 4.78 is 6.65. The first kappa shape index (κ1) is 12.6. The van der Waals surface area contributed by atoms with Crippen LogP contribution in [0.1, 0.15) is 17.7 Å². The third-order valence-electron chi connectivity index (χ3n) is 3.13. The van der Waals surface area contributed by atoms with E-state index in [4.69, 9.17) is 4.74 Å². The van der Waals surface area contributed by atoms with Gasteiger partial charge in [0.25, 0.3) is 0 Å². The highest BCUT2D eigenvalue weighted by molar-refractivity contribution is 9.11. The molecule has 2 rings (SSSR count). The van der Waals surface area contributed by atoms with Crippen molar-refractivity contribution in [1.29, 1.82) is 0 Å². The molecule has 2 heterocycles. The molecule has 0 aromatic carbocycles. The molecule has 1 aliphatic heterocycles. The van der Waals surface area contributed by atoms with Crippen LogP contribution in [-0.2, 0) is 11.2 Å². The standard InChI is InChI=1S/C12H18BrNOS/c1-14-10(6-9-4-5-15-8-9)7-11-2-3-12(13)16-11/h2-3,9-10,14H,4-8H2,1H3. The van der Waals surface area contributed by atoms with Gasteiger partial charge in [0.15, 0.2) is 0 Å². The van der Waals surface area contributed by atoms with Crippen LogP contribution in [-0.4, -0.2) is 26.3 Å². The first-order valence-corrected chi connectivity index (χ1v) is 7.38. The van der Waals surface area contributed by atoms with Crippen molar-refractivity contribution in [2.24, 2.45) is 5.92 Å². The second kappa shape index (κ2) is 6.15. The van der Waals surface area contributed by atoms with Crippen molar-refractivity contribution in [2.45, 2.75) is 25.3 Å². The van der Waals surface area contributed by atoms with Crippen LogP contribution >= 0.6 is 27.3 Å². The summed E-state index contributed by atoms with van der Waals surface area (Å²) in [5, 5.41) is 3.42. The maximum absolute atomic E-state index is 5.42. The van der Waals surface area contributed by atoms with Gasteiger partial charge in [0.2, 0.25) is 0 Å². The molecular weight excluding hydrogens is 286 g/mol. The van der Waals surface area contributed by atoms with Gasteiger partial charge in [-0.1, -0.05) is 0 Å². The van der Waals surface area contributed by atoms with E-state index in [-0.39, 0.29) is 0 Å². The SMILES string of the molecule is CNC(Cc1ccc(Br)s1)CC1CCOC1. The Morgan fingerprint density at radius 3 is 3.06 bits per heavy atom. The van der Waals surface area contributed by atoms with Crippen LogP contribution in [0.5, 0.6) is 0 Å². The number of nitrogens with one attached hydrogen (secondary N) is 1. The summed E-state index contributed by atoms with van der Waals surface area (Å²) in [7, 11) is 2.06. The van der Waals surface area contributed by atoms with Gasteiger partial charge in [0.05, 0.1) is 3.79 Å². The van der Waals surface area contributed by atoms with Crippen molar-refractivity contribution in [3.8, 4) is 0 Å². The Morgan fingerprint density at radius 2 is 2.50 bits per heavy atom. The molecule has 0 spiro atoms. The highest BCUT2D eigenvalue weighted by Gasteiger charge is 2.20. The molecule has 1 N–H and O–H groups in total. The van der Waals surface area contributed by atoms with Gasteiger partial charge in [-0.3, -0.25) is 0 Å². The van der Waals surface area contributed by atoms with Gasteiger partial charge < -0.3 is 10.1 Å². The Balaban J connectivity index is 1.84. The number of hydrogen-bond donors (Lipinski definition) is 1. The highest BCUT2D eigenvalue weighted by Crippen LogP contribution is 2.25. The topological polar surface area (TPSA) is 21.3 Å². The highest BCUT2D eigenvalue weighted by atomic mass is 79.9. The van der Waals surface area contributed by atoms with Crippen molar-refractivity contribution in [3.63, 3.8) is 0 Å². The van der Waals surface area contributed by atoms with Gasteiger partial charge in [0, 0.05) is 24.1 Å². The molecule has 1 aromatic heterocycles. The fourth-order valence-electron chi connectivity index (χ4n) is 2.18. The van der Waals surface area contributed by atoms with Crippen molar-refractivity contribution in [3.05, 3.63) is 20.8 Å². The zero-order valence-electron chi connectivity index (χ0n) is 9.54. The van der Waals surface area contributed by atoms with Crippen LogP contribution in [0.2, 0.25) is 0 Å². The van der Waals surface area contributed by atoms with Gasteiger partial charge in [-0.25, -0.2) is 0 Å². The van der Waals surface area contributed by atoms with Crippen LogP contribution in [0, 0.1) is 5.92 Å². The lowest BCUT2D eigenvalue weighted by Gasteiger charge is -2.18. The van der Waals surface area contributed by atoms with Gasteiger partial charge >= 0.3 is 0 Å². The summed E-state index contributed by atoms with van der Waals surface area (Å²) in [6.07, 6.45) is 3.58. The van der Waals surface area contributed by atoms with Crippen LogP contribution in [0.3, 0.4) is 0 Å². The number of halogens is 1. The van der Waals surface area contributed by atoms with E-state index in [1.54, 1.807) is 0 Å². The Morgan fingerprint density at radius 1 is 1.62 bits per heavy atom. The second-order valence-electron chi connectivity index (χ2n) is 4.36. The van der Waals surface area contributed by atoms with E-state index >= 15 is 0 Å². The minimum absolute atomic E-state index is 0.581. The molecule has 0 radical (unpaired) electrons. The number of hydrogen-bond acceptors (Lipinski definition) is 3. The molecule has 0 amide bonds. The third-order valence-corrected chi connectivity index (χ3v) is 4.77. The lowest BCUT2D eigenvalue weighted by molar-refractivity contribution is 0.181. The monoisotopic (exact) mass is 303 g/mol. The molecule has 1 aromatic rings. The Kier molecular flexibility index (Phi) is 4.82. The van der Waals surface area contributed by atoms with Crippen molar-refractivity contribution in [1.82, 2.24) is 5.32 Å². The minimum Gasteiger partial charge on any atom is -0.381 e. The van der Waals surface area contributed by atoms with E-state index in [1.165, 1.54) is 21.5 Å². The summed E-state index contributed by atoms with van der Waals surface area (Å²) in [4.78, 5) is 1.45. The molecule has 2 nitrogen and oxygen atoms in total. The summed E-state index contributed by atoms with van der Waals surface area (Å²) in [6.45, 7) is 1.90. The van der Waals surface area contributed by atoms with Crippen LogP contribution in [0.15, 0.2) is 15.9 Å². The zero-order valence-corrected chi connectivity index (χ0v) is 11.9. The van der Waals surface area contributed by atoms with Gasteiger partial charge in [-0.05, 0) is 60.3 Å². The first-order chi connectivity index (χ1) is 7.78. The minimum atomic E-state index is 0.581. The van der Waals surface area contributed by atoms with Gasteiger partial charge in [-0.2, -0.15) is 0 Å². The van der Waals surface area contributed by atoms with E-state index in [0.29, 0.717) is 6.04 Å². The maximum Gasteiger partial charge on any atom is 0.0701 e. The number of rotatable bonds is 5. The Bertz CT molecular complexity index is 323. The molecule has 2 atom stereocenters. The molecule has 0 saturated carbocycles. The van der Waals surface area contributed by atoms with E-state index in [0.717, 1.165) is 25.6 Å². The fraction of sp³-hybridized carbons (Fsp3) is 0.667. The average Bonchev–Trinajstić information content (AvgIpc) is 2.89. The summed E-state index contributed by atoms with van der Waals surface area (Å²) in [6, 6.07) is 4.92. The van der Waals surface area contributed by atoms with Crippen molar-refractivity contribution in [2.75, 3.05) is 20.3 Å². The van der Waals surface area contributed by atoms with E-state index in [1.807, 2.05) is 11.3 Å². The van der Waals surface area contributed by atoms with E-state index in [9.17, 15) is 0 Å². The van der Waals surface area contributed by atoms with Crippen LogP contribution in [0.25, 0.3) is 0 Å². The largest absolute Gasteiger partial charge is 0.381 e. The smallest absolute Gasteiger partial charge is 0.0701 e. The van der Waals surface area contributed by atoms with Gasteiger partial charge in [0.1, 0.15) is 0 Å². The summed E-state index contributed by atoms with van der Waals surface area (Å²) in [5.74, 6) is 0.751. The lowest BCUT2D eigenvalue weighted by atomic mass is 9.97. The zero-order chi connectivity index (χ0) is 11.4. The van der Waals surface area contributed by atoms with E-state index in [2.05, 4.69) is 40.4 Å². The predicted octanol–water partition coefficient (Wildman–Crippen LogP) is 3.07. The maximum atomic E-state index is 5.42. The average molecular weight is 304 g/mol. The van der Waals surface area contributed by atoms with Crippen molar-refractivity contribution >= 4 is 27.3 Å². The third kappa shape index (κ3) is 3.55. The normalized spacial score (nSPS) is 22.5. The molecule has 90 valence electrons. The molecule has 1 fully saturated rings. The quantitative estimate of drug-likeness (QED) is 0.902. The second-order valence-corrected chi connectivity index (χ2v) is 6.91.